The van der Waals surface area contributed by atoms with Gasteiger partial charge in [-0.1, -0.05) is 41.0 Å². The van der Waals surface area contributed by atoms with E-state index in [1.54, 1.807) is 28.6 Å². The highest BCUT2D eigenvalue weighted by Gasteiger charge is 2.20. The van der Waals surface area contributed by atoms with Gasteiger partial charge in [0.15, 0.2) is 5.82 Å². The van der Waals surface area contributed by atoms with Gasteiger partial charge in [-0.05, 0) is 12.1 Å². The number of hydrogen-bond donors (Lipinski definition) is 1. The average molecular weight is 314 g/mol. The van der Waals surface area contributed by atoms with Gasteiger partial charge in [0, 0.05) is 16.3 Å². The summed E-state index contributed by atoms with van der Waals surface area (Å²) in [6, 6.07) is 5.36. The van der Waals surface area contributed by atoms with Gasteiger partial charge in [0.25, 0.3) is 0 Å². The largest absolute Gasteiger partial charge is 0.324 e. The summed E-state index contributed by atoms with van der Waals surface area (Å²) in [7, 11) is 0. The molecule has 1 aliphatic heterocycles. The van der Waals surface area contributed by atoms with Gasteiger partial charge in [-0.15, -0.1) is 10.2 Å². The van der Waals surface area contributed by atoms with Gasteiger partial charge in [-0.2, -0.15) is 9.78 Å². The highest BCUT2D eigenvalue weighted by atomic mass is 35.5. The van der Waals surface area contributed by atoms with Gasteiger partial charge < -0.3 is 5.73 Å². The Morgan fingerprint density at radius 1 is 1.32 bits per heavy atom. The Morgan fingerprint density at radius 2 is 2.16 bits per heavy atom. The molecule has 1 aromatic heterocycles. The first-order valence-electron chi connectivity index (χ1n) is 5.49. The van der Waals surface area contributed by atoms with E-state index in [4.69, 9.17) is 28.9 Å². The molecule has 0 amide bonds. The van der Waals surface area contributed by atoms with Crippen molar-refractivity contribution in [2.75, 3.05) is 5.75 Å². The molecule has 2 aromatic rings. The second-order valence-electron chi connectivity index (χ2n) is 3.87. The number of thioether (sulfide) groups is 1. The Morgan fingerprint density at radius 3 is 2.89 bits per heavy atom. The molecular weight excluding hydrogens is 305 g/mol. The summed E-state index contributed by atoms with van der Waals surface area (Å²) in [4.78, 5) is 0. The van der Waals surface area contributed by atoms with Gasteiger partial charge in [0.1, 0.15) is 0 Å². The molecule has 0 aliphatic carbocycles. The molecule has 0 bridgehead atoms. The molecule has 1 aromatic carbocycles. The van der Waals surface area contributed by atoms with E-state index < -0.39 is 0 Å². The number of nitrogens with two attached hydrogens (primary N) is 1. The second kappa shape index (κ2) is 5.13. The maximum Gasteiger partial charge on any atom is 0.212 e. The lowest BCUT2D eigenvalue weighted by Gasteiger charge is -2.14. The van der Waals surface area contributed by atoms with Crippen molar-refractivity contribution >= 4 is 40.7 Å². The van der Waals surface area contributed by atoms with E-state index in [0.29, 0.717) is 28.2 Å². The van der Waals surface area contributed by atoms with Crippen molar-refractivity contribution in [3.63, 3.8) is 0 Å². The SMILES string of the molecule is NCc1nnc2n1N=C(c1ccc(Cl)cc1Cl)CS2. The fraction of sp³-hybridized carbons (Fsp3) is 0.182. The number of fused-ring (bicyclic) bond motifs is 1. The van der Waals surface area contributed by atoms with Crippen LogP contribution in [-0.2, 0) is 6.54 Å². The quantitative estimate of drug-likeness (QED) is 0.924. The van der Waals surface area contributed by atoms with Crippen LogP contribution in [0, 0.1) is 0 Å². The summed E-state index contributed by atoms with van der Waals surface area (Å²) in [5.74, 6) is 1.31. The predicted octanol–water partition coefficient (Wildman–Crippen LogP) is 2.40. The maximum atomic E-state index is 6.20. The van der Waals surface area contributed by atoms with Crippen LogP contribution >= 0.6 is 35.0 Å². The molecule has 1 aliphatic rings. The number of nitrogens with zero attached hydrogens (tertiary/aromatic N) is 4. The van der Waals surface area contributed by atoms with Crippen molar-refractivity contribution in [2.45, 2.75) is 11.7 Å². The molecular formula is C11H9Cl2N5S. The summed E-state index contributed by atoms with van der Waals surface area (Å²) < 4.78 is 1.66. The smallest absolute Gasteiger partial charge is 0.212 e. The van der Waals surface area contributed by atoms with Gasteiger partial charge in [0.2, 0.25) is 5.16 Å². The van der Waals surface area contributed by atoms with E-state index >= 15 is 0 Å². The van der Waals surface area contributed by atoms with Crippen LogP contribution in [0.2, 0.25) is 10.0 Å². The fourth-order valence-electron chi connectivity index (χ4n) is 1.75. The third kappa shape index (κ3) is 2.36. The fourth-order valence-corrected chi connectivity index (χ4v) is 3.11. The van der Waals surface area contributed by atoms with E-state index in [1.165, 1.54) is 0 Å². The minimum Gasteiger partial charge on any atom is -0.324 e. The van der Waals surface area contributed by atoms with Crippen molar-refractivity contribution in [1.29, 1.82) is 0 Å². The summed E-state index contributed by atoms with van der Waals surface area (Å²) in [6.45, 7) is 0.290. The first-order chi connectivity index (χ1) is 9.19. The lowest BCUT2D eigenvalue weighted by Crippen LogP contribution is -2.16. The molecule has 8 heteroatoms. The van der Waals surface area contributed by atoms with E-state index in [0.717, 1.165) is 16.4 Å². The monoisotopic (exact) mass is 313 g/mol. The summed E-state index contributed by atoms with van der Waals surface area (Å²) >= 11 is 13.6. The molecule has 2 heterocycles. The van der Waals surface area contributed by atoms with Crippen molar-refractivity contribution < 1.29 is 0 Å². The van der Waals surface area contributed by atoms with Gasteiger partial charge in [0.05, 0.1) is 17.3 Å². The lowest BCUT2D eigenvalue weighted by molar-refractivity contribution is 0.708. The minimum absolute atomic E-state index is 0.290. The first-order valence-corrected chi connectivity index (χ1v) is 7.23. The number of hydrogen-bond acceptors (Lipinski definition) is 5. The molecule has 98 valence electrons. The number of halogens is 2. The molecule has 19 heavy (non-hydrogen) atoms. The highest BCUT2D eigenvalue weighted by molar-refractivity contribution is 7.99. The van der Waals surface area contributed by atoms with E-state index in [9.17, 15) is 0 Å². The predicted molar refractivity (Wildman–Crippen MR) is 77.0 cm³/mol. The van der Waals surface area contributed by atoms with Gasteiger partial charge in [-0.3, -0.25) is 0 Å². The van der Waals surface area contributed by atoms with Crippen LogP contribution in [0.3, 0.4) is 0 Å². The lowest BCUT2D eigenvalue weighted by atomic mass is 10.1. The zero-order valence-corrected chi connectivity index (χ0v) is 12.0. The number of aromatic nitrogens is 3. The number of benzene rings is 1. The Hall–Kier alpha value is -1.08. The summed E-state index contributed by atoms with van der Waals surface area (Å²) in [6.07, 6.45) is 0. The van der Waals surface area contributed by atoms with Crippen LogP contribution in [0.5, 0.6) is 0 Å². The zero-order valence-electron chi connectivity index (χ0n) is 9.68. The topological polar surface area (TPSA) is 69.1 Å². The van der Waals surface area contributed by atoms with E-state index in [2.05, 4.69) is 15.3 Å². The van der Waals surface area contributed by atoms with Crippen LogP contribution in [0.4, 0.5) is 0 Å². The Kier molecular flexibility index (Phi) is 3.49. The molecule has 3 rings (SSSR count). The van der Waals surface area contributed by atoms with Crippen LogP contribution in [0.1, 0.15) is 11.4 Å². The third-order valence-corrected chi connectivity index (χ3v) is 4.14. The molecule has 0 spiro atoms. The Labute approximate surface area is 123 Å². The third-order valence-electron chi connectivity index (χ3n) is 2.66. The van der Waals surface area contributed by atoms with Crippen molar-refractivity contribution in [3.05, 3.63) is 39.6 Å². The standard InChI is InChI=1S/C11H9Cl2N5S/c12-6-1-2-7(8(13)3-6)9-5-19-11-16-15-10(4-14)18(11)17-9/h1-3H,4-5,14H2. The molecule has 0 fully saturated rings. The second-order valence-corrected chi connectivity index (χ2v) is 5.66. The maximum absolute atomic E-state index is 6.20. The van der Waals surface area contributed by atoms with Crippen LogP contribution in [0.15, 0.2) is 28.5 Å². The van der Waals surface area contributed by atoms with Crippen LogP contribution in [0.25, 0.3) is 0 Å². The zero-order chi connectivity index (χ0) is 13.4. The molecule has 2 N–H and O–H groups in total. The van der Waals surface area contributed by atoms with Gasteiger partial charge >= 0.3 is 0 Å². The normalized spacial score (nSPS) is 14.2. The number of rotatable bonds is 2. The van der Waals surface area contributed by atoms with E-state index in [1.807, 2.05) is 6.07 Å². The molecule has 0 atom stereocenters. The summed E-state index contributed by atoms with van der Waals surface area (Å²) in [5.41, 5.74) is 7.32. The van der Waals surface area contributed by atoms with Gasteiger partial charge in [-0.25, -0.2) is 0 Å². The molecule has 0 saturated heterocycles. The first kappa shape index (κ1) is 12.9. The van der Waals surface area contributed by atoms with Crippen LogP contribution < -0.4 is 5.73 Å². The highest BCUT2D eigenvalue weighted by Crippen LogP contribution is 2.28. The Balaban J connectivity index is 2.07. The molecule has 0 radical (unpaired) electrons. The summed E-state index contributed by atoms with van der Waals surface area (Å²) in [5, 5.41) is 14.5. The molecule has 5 nitrogen and oxygen atoms in total. The Bertz CT molecular complexity index is 667. The van der Waals surface area contributed by atoms with Crippen molar-refractivity contribution in [1.82, 2.24) is 14.9 Å². The molecule has 0 saturated carbocycles. The van der Waals surface area contributed by atoms with Crippen molar-refractivity contribution in [3.8, 4) is 0 Å². The minimum atomic E-state index is 0.290. The van der Waals surface area contributed by atoms with Crippen molar-refractivity contribution in [2.24, 2.45) is 10.8 Å². The molecule has 0 unspecified atom stereocenters. The van der Waals surface area contributed by atoms with E-state index in [-0.39, 0.29) is 0 Å². The average Bonchev–Trinajstić information content (AvgIpc) is 2.80. The van der Waals surface area contributed by atoms with Crippen LogP contribution in [-0.4, -0.2) is 26.3 Å².